The van der Waals surface area contributed by atoms with Crippen LogP contribution in [0.25, 0.3) is 0 Å². The highest BCUT2D eigenvalue weighted by Crippen LogP contribution is 2.24. The van der Waals surface area contributed by atoms with Gasteiger partial charge >= 0.3 is 0 Å². The van der Waals surface area contributed by atoms with Crippen molar-refractivity contribution in [3.05, 3.63) is 0 Å². The van der Waals surface area contributed by atoms with Crippen molar-refractivity contribution in [2.24, 2.45) is 0 Å². The lowest BCUT2D eigenvalue weighted by Crippen LogP contribution is -2.36. The molecule has 0 aliphatic carbocycles. The zero-order valence-electron chi connectivity index (χ0n) is 6.35. The molecule has 0 amide bonds. The van der Waals surface area contributed by atoms with Gasteiger partial charge in [0, 0.05) is 42.6 Å². The molecule has 2 fully saturated rings. The largest absolute Gasteiger partial charge is 0.427 e. The first kappa shape index (κ1) is 8.19. The van der Waals surface area contributed by atoms with Crippen LogP contribution in [0.15, 0.2) is 0 Å². The SMILES string of the molecule is [B]1[B][B][B]C2[B][B-][B]C2[B][B]1. The van der Waals surface area contributed by atoms with Crippen LogP contribution >= 0.6 is 0 Å². The Bertz CT molecular complexity index is 111. The fourth-order valence-corrected chi connectivity index (χ4v) is 1.48. The Balaban J connectivity index is 1.89. The van der Waals surface area contributed by atoms with Crippen LogP contribution in [0.4, 0.5) is 0 Å². The second kappa shape index (κ2) is 4.00. The molecule has 0 aromatic carbocycles. The second-order valence-corrected chi connectivity index (χ2v) is 2.89. The van der Waals surface area contributed by atoms with E-state index in [4.69, 9.17) is 0 Å². The van der Waals surface area contributed by atoms with Crippen molar-refractivity contribution in [3.63, 3.8) is 0 Å². The van der Waals surface area contributed by atoms with E-state index in [1.807, 2.05) is 0 Å². The minimum atomic E-state index is 0.594. The first-order valence-electron chi connectivity index (χ1n) is 4.00. The number of rotatable bonds is 0. The third-order valence-electron chi connectivity index (χ3n) is 2.11. The molecule has 0 N–H and O–H groups in total. The van der Waals surface area contributed by atoms with E-state index in [1.54, 1.807) is 0 Å². The Kier molecular flexibility index (Phi) is 2.98. The summed E-state index contributed by atoms with van der Waals surface area (Å²) in [5.41, 5.74) is 1.19. The van der Waals surface area contributed by atoms with Crippen molar-refractivity contribution < 1.29 is 0 Å². The predicted molar refractivity (Wildman–Crippen MR) is 59.3 cm³/mol. The van der Waals surface area contributed by atoms with Crippen molar-refractivity contribution in [3.8, 4) is 0 Å². The first-order chi connectivity index (χ1) is 5.47. The number of fused-ring (bicyclic) bond motifs is 1. The van der Waals surface area contributed by atoms with Crippen LogP contribution in [0.2, 0.25) is 11.4 Å². The smallest absolute Gasteiger partial charge is 0.0423 e. The summed E-state index contributed by atoms with van der Waals surface area (Å²) in [6.45, 7) is 0. The van der Waals surface area contributed by atoms with Crippen molar-refractivity contribution >= 4 is 64.0 Å². The lowest BCUT2D eigenvalue weighted by Gasteiger charge is -2.26. The van der Waals surface area contributed by atoms with Gasteiger partial charge in [-0.3, -0.25) is 0 Å². The van der Waals surface area contributed by atoms with Gasteiger partial charge < -0.3 is 7.06 Å². The quantitative estimate of drug-likeness (QED) is 0.306. The molecule has 2 heterocycles. The van der Waals surface area contributed by atoms with Crippen LogP contribution in [-0.2, 0) is 0 Å². The van der Waals surface area contributed by atoms with E-state index in [2.05, 4.69) is 64.0 Å². The van der Waals surface area contributed by atoms with Crippen LogP contribution in [-0.4, -0.2) is 64.0 Å². The van der Waals surface area contributed by atoms with E-state index in [0.717, 1.165) is 0 Å². The van der Waals surface area contributed by atoms with E-state index in [0.29, 0.717) is 11.4 Å². The molecule has 11 heavy (non-hydrogen) atoms. The Hall–Kier alpha value is 0.584. The van der Waals surface area contributed by atoms with Gasteiger partial charge in [0.25, 0.3) is 0 Å². The van der Waals surface area contributed by atoms with Crippen molar-refractivity contribution in [1.82, 2.24) is 0 Å². The van der Waals surface area contributed by atoms with Crippen molar-refractivity contribution in [1.29, 1.82) is 0 Å². The van der Waals surface area contributed by atoms with Crippen molar-refractivity contribution in [2.75, 3.05) is 0 Å². The molecule has 0 nitrogen and oxygen atoms in total. The molecule has 2 aliphatic heterocycles. The summed E-state index contributed by atoms with van der Waals surface area (Å²) in [6, 6.07) is 0. The standard InChI is InChI=1S/C2H2B9/c3-1-2(4-7-3)6-9-11-10-8-5-1/h1-2H/q-1. The molecule has 2 atom stereocenters. The Morgan fingerprint density at radius 3 is 1.82 bits per heavy atom. The molecule has 9 heteroatoms. The average Bonchev–Trinajstić information content (AvgIpc) is 2.35. The minimum absolute atomic E-state index is 0.594. The van der Waals surface area contributed by atoms with E-state index in [-0.39, 0.29) is 0 Å². The third kappa shape index (κ3) is 2.03. The van der Waals surface area contributed by atoms with Gasteiger partial charge in [-0.1, -0.05) is 0 Å². The molecular weight excluding hydrogens is 121 g/mol. The molecule has 0 spiro atoms. The number of hydrogen-bond donors (Lipinski definition) is 0. The van der Waals surface area contributed by atoms with Crippen molar-refractivity contribution in [2.45, 2.75) is 11.4 Å². The lowest BCUT2D eigenvalue weighted by atomic mass is 8.91. The molecule has 0 saturated carbocycles. The van der Waals surface area contributed by atoms with Gasteiger partial charge in [-0.15, -0.1) is 0 Å². The van der Waals surface area contributed by atoms with E-state index in [1.165, 1.54) is 0 Å². The predicted octanol–water partition coefficient (Wildman–Crippen LogP) is -2.75. The van der Waals surface area contributed by atoms with Gasteiger partial charge in [0.2, 0.25) is 0 Å². The molecular formula is C2H2B9-. The summed E-state index contributed by atoms with van der Waals surface area (Å²) in [5, 5.41) is 0. The minimum Gasteiger partial charge on any atom is -0.427 e. The topological polar surface area (TPSA) is 0 Å². The van der Waals surface area contributed by atoms with Gasteiger partial charge in [-0.25, -0.2) is 0 Å². The third-order valence-corrected chi connectivity index (χ3v) is 2.11. The summed E-state index contributed by atoms with van der Waals surface area (Å²) >= 11 is 0. The van der Waals surface area contributed by atoms with Crippen LogP contribution in [0.1, 0.15) is 0 Å². The maximum absolute atomic E-state index is 2.24. The summed E-state index contributed by atoms with van der Waals surface area (Å²) in [4.78, 5) is 0. The maximum atomic E-state index is 2.24. The summed E-state index contributed by atoms with van der Waals surface area (Å²) in [6.07, 6.45) is 0. The summed E-state index contributed by atoms with van der Waals surface area (Å²) in [5.74, 6) is 0. The molecule has 38 valence electrons. The van der Waals surface area contributed by atoms with E-state index < -0.39 is 0 Å². The lowest BCUT2D eigenvalue weighted by molar-refractivity contribution is 1.24. The van der Waals surface area contributed by atoms with E-state index in [9.17, 15) is 0 Å². The Morgan fingerprint density at radius 1 is 0.727 bits per heavy atom. The van der Waals surface area contributed by atoms with Gasteiger partial charge in [0.15, 0.2) is 0 Å². The Labute approximate surface area is 75.9 Å². The highest BCUT2D eigenvalue weighted by molar-refractivity contribution is 7.61. The van der Waals surface area contributed by atoms with Crippen LogP contribution < -0.4 is 0 Å². The average molecular weight is 123 g/mol. The second-order valence-electron chi connectivity index (χ2n) is 2.89. The monoisotopic (exact) mass is 125 g/mol. The fraction of sp³-hybridized carbons (Fsp3) is 1.00. The molecule has 2 saturated heterocycles. The van der Waals surface area contributed by atoms with Gasteiger partial charge in [-0.05, 0) is 0 Å². The summed E-state index contributed by atoms with van der Waals surface area (Å²) in [7, 11) is 19.5. The Morgan fingerprint density at radius 2 is 1.27 bits per heavy atom. The first-order valence-corrected chi connectivity index (χ1v) is 4.00. The van der Waals surface area contributed by atoms with E-state index >= 15 is 0 Å². The van der Waals surface area contributed by atoms with Crippen LogP contribution in [0.3, 0.4) is 0 Å². The molecule has 0 bridgehead atoms. The van der Waals surface area contributed by atoms with Gasteiger partial charge in [-0.2, -0.15) is 25.8 Å². The number of hydrogen-bond acceptors (Lipinski definition) is 0. The highest BCUT2D eigenvalue weighted by atomic mass is 13.8. The molecule has 10 radical (unpaired) electrons. The normalized spacial score (nSPS) is 33.5. The zero-order chi connectivity index (χ0) is 7.52. The van der Waals surface area contributed by atoms with Crippen LogP contribution in [0, 0.1) is 0 Å². The highest BCUT2D eigenvalue weighted by Gasteiger charge is 2.19. The van der Waals surface area contributed by atoms with Gasteiger partial charge in [0.1, 0.15) is 0 Å². The molecule has 2 aliphatic rings. The maximum Gasteiger partial charge on any atom is 0.0423 e. The zero-order valence-corrected chi connectivity index (χ0v) is 6.35. The summed E-state index contributed by atoms with van der Waals surface area (Å²) < 4.78 is 0. The molecule has 2 rings (SSSR count). The fourth-order valence-electron chi connectivity index (χ4n) is 1.48. The molecule has 2 unspecified atom stereocenters. The molecule has 0 aromatic rings. The van der Waals surface area contributed by atoms with Crippen LogP contribution in [0.5, 0.6) is 0 Å². The van der Waals surface area contributed by atoms with Gasteiger partial charge in [0.05, 0.1) is 0 Å². The molecule has 0 aromatic heterocycles.